The highest BCUT2D eigenvalue weighted by Gasteiger charge is 2.42. The monoisotopic (exact) mass is 492 g/mol. The Kier molecular flexibility index (Phi) is 7.75. The number of ketones is 1. The minimum Gasteiger partial charge on any atom is -0.487 e. The zero-order chi connectivity index (χ0) is 26.9. The summed E-state index contributed by atoms with van der Waals surface area (Å²) in [5, 5.41) is 24.6. The van der Waals surface area contributed by atoms with Crippen LogP contribution in [0.2, 0.25) is 0 Å². The van der Waals surface area contributed by atoms with Crippen molar-refractivity contribution in [2.24, 2.45) is 5.41 Å². The van der Waals surface area contributed by atoms with Crippen LogP contribution in [0.1, 0.15) is 99.7 Å². The highest BCUT2D eigenvalue weighted by Crippen LogP contribution is 2.42. The molecule has 0 spiro atoms. The molecule has 0 saturated carbocycles. The molecule has 2 atom stereocenters. The van der Waals surface area contributed by atoms with Crippen molar-refractivity contribution in [2.45, 2.75) is 92.3 Å². The van der Waals surface area contributed by atoms with Gasteiger partial charge in [-0.3, -0.25) is 4.79 Å². The minimum atomic E-state index is -0.993. The molecule has 36 heavy (non-hydrogen) atoms. The largest absolute Gasteiger partial charge is 0.487 e. The number of carbonyl (C=O) groups is 1. The summed E-state index contributed by atoms with van der Waals surface area (Å²) in [5.41, 5.74) is 3.29. The van der Waals surface area contributed by atoms with E-state index < -0.39 is 5.60 Å². The molecule has 1 aromatic heterocycles. The summed E-state index contributed by atoms with van der Waals surface area (Å²) in [6, 6.07) is 12.3. The first kappa shape index (κ1) is 27.5. The molecule has 194 valence electrons. The van der Waals surface area contributed by atoms with Crippen LogP contribution >= 0.6 is 0 Å². The second kappa shape index (κ2) is 10.1. The van der Waals surface area contributed by atoms with Crippen LogP contribution in [0, 0.1) is 19.3 Å². The Bertz CT molecular complexity index is 1210. The number of rotatable bonds is 9. The number of nitrogens with one attached hydrogen (secondary N) is 1. The van der Waals surface area contributed by atoms with Gasteiger partial charge in [0.1, 0.15) is 17.5 Å². The molecule has 3 aromatic rings. The normalized spacial score (nSPS) is 14.8. The van der Waals surface area contributed by atoms with Gasteiger partial charge in [0, 0.05) is 11.0 Å². The molecule has 2 unspecified atom stereocenters. The predicted molar refractivity (Wildman–Crippen MR) is 141 cm³/mol. The van der Waals surface area contributed by atoms with Crippen molar-refractivity contribution < 1.29 is 14.6 Å². The van der Waals surface area contributed by atoms with Gasteiger partial charge in [0.25, 0.3) is 0 Å². The molecule has 7 heteroatoms. The van der Waals surface area contributed by atoms with Crippen LogP contribution in [0.15, 0.2) is 36.4 Å². The van der Waals surface area contributed by atoms with Gasteiger partial charge in [0.15, 0.2) is 0 Å². The van der Waals surface area contributed by atoms with Crippen molar-refractivity contribution in [1.82, 2.24) is 20.6 Å². The Hall–Kier alpha value is -3.06. The number of carbonyl (C=O) groups excluding carboxylic acids is 1. The second-order valence-electron chi connectivity index (χ2n) is 11.0. The van der Waals surface area contributed by atoms with Gasteiger partial charge in [0.2, 0.25) is 11.6 Å². The van der Waals surface area contributed by atoms with Gasteiger partial charge < -0.3 is 9.84 Å². The molecule has 1 heterocycles. The van der Waals surface area contributed by atoms with Crippen LogP contribution in [0.25, 0.3) is 0 Å². The van der Waals surface area contributed by atoms with E-state index in [1.54, 1.807) is 0 Å². The minimum absolute atomic E-state index is 0.0639. The van der Waals surface area contributed by atoms with Crippen molar-refractivity contribution >= 4 is 5.78 Å². The van der Waals surface area contributed by atoms with E-state index in [1.807, 2.05) is 66.7 Å². The summed E-state index contributed by atoms with van der Waals surface area (Å²) in [4.78, 5) is 12.8. The molecule has 3 rings (SSSR count). The fraction of sp³-hybridized carbons (Fsp3) is 0.517. The molecule has 2 aromatic carbocycles. The number of ether oxygens (including phenoxy) is 1. The topological polar surface area (TPSA) is 101 Å². The fourth-order valence-electron chi connectivity index (χ4n) is 4.82. The quantitative estimate of drug-likeness (QED) is 0.371. The lowest BCUT2D eigenvalue weighted by Crippen LogP contribution is -2.51. The summed E-state index contributed by atoms with van der Waals surface area (Å²) in [6.07, 6.45) is 1.42. The Balaban J connectivity index is 1.96. The Labute approximate surface area is 214 Å². The van der Waals surface area contributed by atoms with Crippen LogP contribution in [-0.4, -0.2) is 43.2 Å². The first-order valence-electron chi connectivity index (χ1n) is 12.7. The van der Waals surface area contributed by atoms with Crippen LogP contribution in [0.3, 0.4) is 0 Å². The number of hydrogen-bond acceptors (Lipinski definition) is 6. The maximum absolute atomic E-state index is 12.8. The second-order valence-corrected chi connectivity index (χ2v) is 11.0. The molecule has 0 fully saturated rings. The number of H-pyrrole nitrogens is 1. The van der Waals surface area contributed by atoms with Gasteiger partial charge in [0.05, 0.1) is 0 Å². The van der Waals surface area contributed by atoms with Gasteiger partial charge in [-0.1, -0.05) is 65.0 Å². The SMILES string of the molecule is CCC(CC)(c1ccc(OC(C)C(C)(O)C(C)(C)C)c(C)c1)c1ccc(C(=O)c2nn[nH]n2)c(C)c1. The highest BCUT2D eigenvalue weighted by atomic mass is 16.5. The van der Waals surface area contributed by atoms with E-state index in [0.717, 1.165) is 35.3 Å². The smallest absolute Gasteiger partial charge is 0.245 e. The number of aromatic nitrogens is 4. The maximum atomic E-state index is 12.8. The van der Waals surface area contributed by atoms with Crippen molar-refractivity contribution in [1.29, 1.82) is 0 Å². The summed E-state index contributed by atoms with van der Waals surface area (Å²) in [7, 11) is 0. The Morgan fingerprint density at radius 2 is 1.58 bits per heavy atom. The molecule has 0 aliphatic rings. The van der Waals surface area contributed by atoms with Gasteiger partial charge in [-0.2, -0.15) is 5.21 Å². The van der Waals surface area contributed by atoms with Crippen molar-refractivity contribution in [2.75, 3.05) is 0 Å². The van der Waals surface area contributed by atoms with Gasteiger partial charge in [-0.15, -0.1) is 10.2 Å². The Morgan fingerprint density at radius 1 is 1.00 bits per heavy atom. The zero-order valence-electron chi connectivity index (χ0n) is 23.1. The van der Waals surface area contributed by atoms with Gasteiger partial charge >= 0.3 is 0 Å². The van der Waals surface area contributed by atoms with E-state index in [-0.39, 0.29) is 28.5 Å². The lowest BCUT2D eigenvalue weighted by molar-refractivity contribution is -0.112. The number of hydrogen-bond donors (Lipinski definition) is 2. The number of benzene rings is 2. The number of tetrazole rings is 1. The molecular weight excluding hydrogens is 452 g/mol. The summed E-state index contributed by atoms with van der Waals surface area (Å²) < 4.78 is 6.27. The number of aliphatic hydroxyl groups is 1. The average molecular weight is 493 g/mol. The molecule has 0 aliphatic carbocycles. The molecular formula is C29H40N4O3. The molecule has 0 saturated heterocycles. The third kappa shape index (κ3) is 4.94. The third-order valence-electron chi connectivity index (χ3n) is 8.12. The van der Waals surface area contributed by atoms with Crippen molar-refractivity contribution in [3.8, 4) is 5.75 Å². The average Bonchev–Trinajstić information content (AvgIpc) is 3.36. The van der Waals surface area contributed by atoms with Gasteiger partial charge in [-0.05, 0) is 79.5 Å². The van der Waals surface area contributed by atoms with Crippen molar-refractivity contribution in [3.05, 3.63) is 70.0 Å². The number of nitrogens with zero attached hydrogens (tertiary/aromatic N) is 3. The molecule has 0 amide bonds. The summed E-state index contributed by atoms with van der Waals surface area (Å²) in [5.74, 6) is 0.590. The highest BCUT2D eigenvalue weighted by molar-refractivity contribution is 6.07. The molecule has 7 nitrogen and oxygen atoms in total. The van der Waals surface area contributed by atoms with E-state index in [2.05, 4.69) is 52.7 Å². The molecule has 0 aliphatic heterocycles. The van der Waals surface area contributed by atoms with E-state index in [1.165, 1.54) is 5.56 Å². The number of aryl methyl sites for hydroxylation is 2. The molecule has 0 radical (unpaired) electrons. The fourth-order valence-corrected chi connectivity index (χ4v) is 4.82. The van der Waals surface area contributed by atoms with E-state index in [9.17, 15) is 9.90 Å². The Morgan fingerprint density at radius 3 is 2.06 bits per heavy atom. The van der Waals surface area contributed by atoms with Crippen molar-refractivity contribution in [3.63, 3.8) is 0 Å². The number of aromatic amines is 1. The third-order valence-corrected chi connectivity index (χ3v) is 8.12. The molecule has 0 bridgehead atoms. The van der Waals surface area contributed by atoms with Crippen LogP contribution in [0.5, 0.6) is 5.75 Å². The first-order chi connectivity index (χ1) is 16.8. The zero-order valence-corrected chi connectivity index (χ0v) is 23.1. The predicted octanol–water partition coefficient (Wildman–Crippen LogP) is 5.72. The van der Waals surface area contributed by atoms with E-state index >= 15 is 0 Å². The molecule has 2 N–H and O–H groups in total. The standard InChI is InChI=1S/C29H40N4O3/c1-10-29(11-2,21-12-14-23(18(3)16-21)25(34)26-30-32-33-31-26)22-13-15-24(19(4)17-22)36-20(5)28(9,35)27(6,7)8/h12-17,20,35H,10-11H2,1-9H3,(H,30,31,32,33). The lowest BCUT2D eigenvalue weighted by atomic mass is 9.69. The van der Waals surface area contributed by atoms with E-state index in [0.29, 0.717) is 5.56 Å². The van der Waals surface area contributed by atoms with Crippen LogP contribution in [0.4, 0.5) is 0 Å². The maximum Gasteiger partial charge on any atom is 0.245 e. The van der Waals surface area contributed by atoms with E-state index in [4.69, 9.17) is 4.74 Å². The summed E-state index contributed by atoms with van der Waals surface area (Å²) >= 11 is 0. The lowest BCUT2D eigenvalue weighted by Gasteiger charge is -2.41. The van der Waals surface area contributed by atoms with Crippen LogP contribution < -0.4 is 4.74 Å². The summed E-state index contributed by atoms with van der Waals surface area (Å²) in [6.45, 7) is 18.2. The van der Waals surface area contributed by atoms with Gasteiger partial charge in [-0.25, -0.2) is 0 Å². The van der Waals surface area contributed by atoms with Crippen LogP contribution in [-0.2, 0) is 5.41 Å². The first-order valence-corrected chi connectivity index (χ1v) is 12.7.